The molecule has 3 aromatic rings. The fourth-order valence-corrected chi connectivity index (χ4v) is 2.66. The molecule has 142 valence electrons. The Labute approximate surface area is 161 Å². The third kappa shape index (κ3) is 3.93. The van der Waals surface area contributed by atoms with E-state index in [1.165, 1.54) is 31.4 Å². The predicted octanol–water partition coefficient (Wildman–Crippen LogP) is 5.79. The van der Waals surface area contributed by atoms with Crippen molar-refractivity contribution in [2.75, 3.05) is 7.11 Å². The molecule has 5 heteroatoms. The van der Waals surface area contributed by atoms with Crippen molar-refractivity contribution in [3.05, 3.63) is 84.5 Å². The van der Waals surface area contributed by atoms with E-state index in [9.17, 15) is 13.6 Å². The lowest BCUT2D eigenvalue weighted by Crippen LogP contribution is -2.07. The molecule has 0 aliphatic rings. The van der Waals surface area contributed by atoms with Crippen molar-refractivity contribution in [2.24, 2.45) is 0 Å². The van der Waals surface area contributed by atoms with Gasteiger partial charge in [-0.1, -0.05) is 43.0 Å². The number of carbonyl (C=O) groups excluding carboxylic acids is 1. The van der Waals surface area contributed by atoms with E-state index in [4.69, 9.17) is 9.47 Å². The van der Waals surface area contributed by atoms with E-state index >= 15 is 0 Å². The van der Waals surface area contributed by atoms with E-state index in [0.717, 1.165) is 0 Å². The number of rotatable bonds is 5. The number of carbonyl (C=O) groups is 1. The standard InChI is InChI=1S/C23H18F2O3/c1-14(2)23(26)28-18-10-6-16(7-11-18)20-13-12-19(21(24)22(20)25)15-4-8-17(27-3)9-5-15/h4-13H,1H2,2-3H3. The Hall–Kier alpha value is -3.47. The van der Waals surface area contributed by atoms with Gasteiger partial charge in [-0.3, -0.25) is 0 Å². The van der Waals surface area contributed by atoms with E-state index < -0.39 is 17.6 Å². The van der Waals surface area contributed by atoms with Gasteiger partial charge in [0.25, 0.3) is 0 Å². The number of hydrogen-bond acceptors (Lipinski definition) is 3. The van der Waals surface area contributed by atoms with Crippen molar-refractivity contribution >= 4 is 5.97 Å². The van der Waals surface area contributed by atoms with Crippen LogP contribution in [-0.2, 0) is 4.79 Å². The molecule has 3 rings (SSSR count). The first-order valence-corrected chi connectivity index (χ1v) is 8.51. The van der Waals surface area contributed by atoms with Gasteiger partial charge in [-0.15, -0.1) is 0 Å². The lowest BCUT2D eigenvalue weighted by molar-refractivity contribution is -0.130. The minimum absolute atomic E-state index is 0.118. The largest absolute Gasteiger partial charge is 0.497 e. The third-order valence-electron chi connectivity index (χ3n) is 4.21. The summed E-state index contributed by atoms with van der Waals surface area (Å²) < 4.78 is 39.5. The Balaban J connectivity index is 1.90. The molecule has 0 atom stereocenters. The summed E-state index contributed by atoms with van der Waals surface area (Å²) in [6.45, 7) is 5.05. The van der Waals surface area contributed by atoms with Gasteiger partial charge >= 0.3 is 5.97 Å². The van der Waals surface area contributed by atoms with Crippen molar-refractivity contribution in [2.45, 2.75) is 6.92 Å². The molecule has 0 aliphatic carbocycles. The molecule has 0 unspecified atom stereocenters. The number of halogens is 2. The summed E-state index contributed by atoms with van der Waals surface area (Å²) in [5.41, 5.74) is 1.56. The topological polar surface area (TPSA) is 35.5 Å². The van der Waals surface area contributed by atoms with Crippen LogP contribution >= 0.6 is 0 Å². The average molecular weight is 380 g/mol. The lowest BCUT2D eigenvalue weighted by atomic mass is 9.98. The summed E-state index contributed by atoms with van der Waals surface area (Å²) in [6.07, 6.45) is 0. The van der Waals surface area contributed by atoms with Crippen molar-refractivity contribution < 1.29 is 23.0 Å². The SMILES string of the molecule is C=C(C)C(=O)Oc1ccc(-c2ccc(-c3ccc(OC)cc3)c(F)c2F)cc1. The summed E-state index contributed by atoms with van der Waals surface area (Å²) in [5.74, 6) is -1.49. The summed E-state index contributed by atoms with van der Waals surface area (Å²) in [7, 11) is 1.54. The molecule has 0 saturated heterocycles. The third-order valence-corrected chi connectivity index (χ3v) is 4.21. The van der Waals surface area contributed by atoms with Gasteiger partial charge in [0.2, 0.25) is 0 Å². The molecule has 0 amide bonds. The van der Waals surface area contributed by atoms with E-state index in [0.29, 0.717) is 22.6 Å². The molecule has 0 aliphatic heterocycles. The maximum Gasteiger partial charge on any atom is 0.338 e. The summed E-state index contributed by atoms with van der Waals surface area (Å²) >= 11 is 0. The number of methoxy groups -OCH3 is 1. The highest BCUT2D eigenvalue weighted by Crippen LogP contribution is 2.32. The van der Waals surface area contributed by atoms with Crippen LogP contribution in [0.5, 0.6) is 11.5 Å². The molecule has 0 spiro atoms. The van der Waals surface area contributed by atoms with Gasteiger partial charge in [-0.2, -0.15) is 0 Å². The van der Waals surface area contributed by atoms with Crippen LogP contribution in [0.25, 0.3) is 22.3 Å². The maximum absolute atomic E-state index is 14.7. The van der Waals surface area contributed by atoms with Crippen LogP contribution in [0, 0.1) is 11.6 Å². The second-order valence-electron chi connectivity index (χ2n) is 6.21. The van der Waals surface area contributed by atoms with Gasteiger partial charge in [-0.25, -0.2) is 13.6 Å². The Morgan fingerprint density at radius 1 is 0.786 bits per heavy atom. The Morgan fingerprint density at radius 2 is 1.21 bits per heavy atom. The molecule has 3 aromatic carbocycles. The van der Waals surface area contributed by atoms with Gasteiger partial charge < -0.3 is 9.47 Å². The Kier molecular flexibility index (Phi) is 5.54. The molecular formula is C23H18F2O3. The van der Waals surface area contributed by atoms with Crippen LogP contribution in [-0.4, -0.2) is 13.1 Å². The number of hydrogen-bond donors (Lipinski definition) is 0. The smallest absolute Gasteiger partial charge is 0.338 e. The molecule has 0 radical (unpaired) electrons. The summed E-state index contributed by atoms with van der Waals surface area (Å²) in [6, 6.07) is 15.9. The van der Waals surface area contributed by atoms with E-state index in [2.05, 4.69) is 6.58 Å². The Morgan fingerprint density at radius 3 is 1.61 bits per heavy atom. The first-order chi connectivity index (χ1) is 13.4. The highest BCUT2D eigenvalue weighted by atomic mass is 19.2. The molecule has 0 heterocycles. The molecule has 0 aromatic heterocycles. The fraction of sp³-hybridized carbons (Fsp3) is 0.0870. The van der Waals surface area contributed by atoms with Gasteiger partial charge in [0.1, 0.15) is 11.5 Å². The van der Waals surface area contributed by atoms with Gasteiger partial charge in [0, 0.05) is 16.7 Å². The number of esters is 1. The van der Waals surface area contributed by atoms with E-state index in [-0.39, 0.29) is 16.7 Å². The summed E-state index contributed by atoms with van der Waals surface area (Å²) in [4.78, 5) is 11.5. The second-order valence-corrected chi connectivity index (χ2v) is 6.21. The molecule has 0 fully saturated rings. The molecule has 0 saturated carbocycles. The first-order valence-electron chi connectivity index (χ1n) is 8.51. The zero-order valence-electron chi connectivity index (χ0n) is 15.5. The Bertz CT molecular complexity index is 1020. The first kappa shape index (κ1) is 19.3. The molecule has 28 heavy (non-hydrogen) atoms. The van der Waals surface area contributed by atoms with Gasteiger partial charge in [-0.05, 0) is 42.3 Å². The lowest BCUT2D eigenvalue weighted by Gasteiger charge is -2.10. The zero-order chi connectivity index (χ0) is 20.3. The van der Waals surface area contributed by atoms with Gasteiger partial charge in [0.05, 0.1) is 7.11 Å². The summed E-state index contributed by atoms with van der Waals surface area (Å²) in [5, 5.41) is 0. The molecule has 0 bridgehead atoms. The monoisotopic (exact) mass is 380 g/mol. The van der Waals surface area contributed by atoms with Gasteiger partial charge in [0.15, 0.2) is 11.6 Å². The number of ether oxygens (including phenoxy) is 2. The predicted molar refractivity (Wildman–Crippen MR) is 104 cm³/mol. The maximum atomic E-state index is 14.7. The normalized spacial score (nSPS) is 10.4. The van der Waals surface area contributed by atoms with Crippen molar-refractivity contribution in [1.82, 2.24) is 0 Å². The van der Waals surface area contributed by atoms with Crippen LogP contribution in [0.2, 0.25) is 0 Å². The van der Waals surface area contributed by atoms with Crippen molar-refractivity contribution in [3.63, 3.8) is 0 Å². The zero-order valence-corrected chi connectivity index (χ0v) is 15.5. The van der Waals surface area contributed by atoms with Crippen LogP contribution < -0.4 is 9.47 Å². The average Bonchev–Trinajstić information content (AvgIpc) is 2.71. The highest BCUT2D eigenvalue weighted by molar-refractivity contribution is 5.88. The highest BCUT2D eigenvalue weighted by Gasteiger charge is 2.16. The van der Waals surface area contributed by atoms with Crippen LogP contribution in [0.15, 0.2) is 72.8 Å². The molecule has 0 N–H and O–H groups in total. The minimum Gasteiger partial charge on any atom is -0.497 e. The van der Waals surface area contributed by atoms with Crippen LogP contribution in [0.3, 0.4) is 0 Å². The number of benzene rings is 3. The van der Waals surface area contributed by atoms with Crippen LogP contribution in [0.4, 0.5) is 8.78 Å². The van der Waals surface area contributed by atoms with E-state index in [1.807, 2.05) is 0 Å². The van der Waals surface area contributed by atoms with Crippen LogP contribution in [0.1, 0.15) is 6.92 Å². The molecular weight excluding hydrogens is 362 g/mol. The van der Waals surface area contributed by atoms with Crippen molar-refractivity contribution in [3.8, 4) is 33.8 Å². The quantitative estimate of drug-likeness (QED) is 0.319. The second kappa shape index (κ2) is 8.05. The van der Waals surface area contributed by atoms with E-state index in [1.54, 1.807) is 43.3 Å². The fourth-order valence-electron chi connectivity index (χ4n) is 2.66. The minimum atomic E-state index is -0.944. The molecule has 3 nitrogen and oxygen atoms in total. The van der Waals surface area contributed by atoms with Crippen molar-refractivity contribution in [1.29, 1.82) is 0 Å².